The van der Waals surface area contributed by atoms with Crippen molar-refractivity contribution in [2.75, 3.05) is 13.6 Å². The maximum atomic E-state index is 4.36. The molecule has 2 rings (SSSR count). The van der Waals surface area contributed by atoms with Crippen LogP contribution in [0.15, 0.2) is 18.3 Å². The maximum absolute atomic E-state index is 4.36. The van der Waals surface area contributed by atoms with Gasteiger partial charge in [0.1, 0.15) is 0 Å². The Morgan fingerprint density at radius 3 is 2.86 bits per heavy atom. The summed E-state index contributed by atoms with van der Waals surface area (Å²) in [7, 11) is 2.21. The van der Waals surface area contributed by atoms with E-state index in [-0.39, 0.29) is 0 Å². The minimum Gasteiger partial charge on any atom is -0.299 e. The third-order valence-corrected chi connectivity index (χ3v) is 3.09. The fourth-order valence-corrected chi connectivity index (χ4v) is 2.17. The van der Waals surface area contributed by atoms with E-state index in [1.54, 1.807) is 0 Å². The number of hydrogen-bond donors (Lipinski definition) is 0. The van der Waals surface area contributed by atoms with Crippen molar-refractivity contribution >= 4 is 0 Å². The molecule has 0 bridgehead atoms. The van der Waals surface area contributed by atoms with E-state index in [0.717, 1.165) is 5.69 Å². The van der Waals surface area contributed by atoms with Crippen LogP contribution in [0, 0.1) is 6.92 Å². The molecule has 1 aliphatic rings. The summed E-state index contributed by atoms with van der Waals surface area (Å²) >= 11 is 0. The summed E-state index contributed by atoms with van der Waals surface area (Å²) in [5.41, 5.74) is 2.48. The zero-order chi connectivity index (χ0) is 9.97. The Bertz CT molecular complexity index is 292. The number of rotatable bonds is 1. The highest BCUT2D eigenvalue weighted by Gasteiger charge is 2.20. The van der Waals surface area contributed by atoms with Gasteiger partial charge in [-0.25, -0.2) is 0 Å². The number of hydrogen-bond acceptors (Lipinski definition) is 2. The Kier molecular flexibility index (Phi) is 2.82. The number of nitrogens with zero attached hydrogens (tertiary/aromatic N) is 2. The molecule has 1 saturated heterocycles. The van der Waals surface area contributed by atoms with Crippen LogP contribution in [0.5, 0.6) is 0 Å². The highest BCUT2D eigenvalue weighted by Crippen LogP contribution is 2.28. The molecule has 0 radical (unpaired) electrons. The Balaban J connectivity index is 2.16. The molecule has 1 aromatic heterocycles. The van der Waals surface area contributed by atoms with Crippen LogP contribution in [0.2, 0.25) is 0 Å². The molecule has 2 heteroatoms. The van der Waals surface area contributed by atoms with Gasteiger partial charge in [-0.2, -0.15) is 0 Å². The first-order valence-electron chi connectivity index (χ1n) is 5.40. The molecule has 1 unspecified atom stereocenters. The summed E-state index contributed by atoms with van der Waals surface area (Å²) in [5, 5.41) is 0. The van der Waals surface area contributed by atoms with E-state index in [2.05, 4.69) is 29.1 Å². The largest absolute Gasteiger partial charge is 0.299 e. The molecule has 76 valence electrons. The summed E-state index contributed by atoms with van der Waals surface area (Å²) < 4.78 is 0. The van der Waals surface area contributed by atoms with Crippen LogP contribution in [-0.4, -0.2) is 23.5 Å². The smallest absolute Gasteiger partial charge is 0.0372 e. The van der Waals surface area contributed by atoms with E-state index in [1.807, 2.05) is 13.1 Å². The first kappa shape index (κ1) is 9.66. The maximum Gasteiger partial charge on any atom is 0.0372 e. The molecule has 0 aromatic carbocycles. The van der Waals surface area contributed by atoms with Crippen molar-refractivity contribution in [1.82, 2.24) is 9.88 Å². The van der Waals surface area contributed by atoms with Crippen LogP contribution >= 0.6 is 0 Å². The number of aryl methyl sites for hydroxylation is 1. The van der Waals surface area contributed by atoms with Gasteiger partial charge in [0.2, 0.25) is 0 Å². The number of pyridine rings is 1. The minimum absolute atomic E-state index is 0.594. The predicted octanol–water partition coefficient (Wildman–Crippen LogP) is 2.55. The molecule has 0 spiro atoms. The average Bonchev–Trinajstić information content (AvgIpc) is 2.20. The molecular weight excluding hydrogens is 172 g/mol. The minimum atomic E-state index is 0.594. The van der Waals surface area contributed by atoms with Crippen LogP contribution < -0.4 is 0 Å². The lowest BCUT2D eigenvalue weighted by atomic mass is 9.97. The quantitative estimate of drug-likeness (QED) is 0.676. The van der Waals surface area contributed by atoms with E-state index < -0.39 is 0 Å². The van der Waals surface area contributed by atoms with Crippen LogP contribution in [0.25, 0.3) is 0 Å². The van der Waals surface area contributed by atoms with Gasteiger partial charge in [-0.15, -0.1) is 0 Å². The molecule has 0 N–H and O–H groups in total. The zero-order valence-corrected chi connectivity index (χ0v) is 9.03. The van der Waals surface area contributed by atoms with Crippen molar-refractivity contribution in [1.29, 1.82) is 0 Å². The predicted molar refractivity (Wildman–Crippen MR) is 58.2 cm³/mol. The Morgan fingerprint density at radius 1 is 1.36 bits per heavy atom. The van der Waals surface area contributed by atoms with Gasteiger partial charge in [0.25, 0.3) is 0 Å². The average molecular weight is 190 g/mol. The molecule has 2 nitrogen and oxygen atoms in total. The Morgan fingerprint density at radius 2 is 2.21 bits per heavy atom. The van der Waals surface area contributed by atoms with Gasteiger partial charge in [0.15, 0.2) is 0 Å². The molecule has 2 heterocycles. The van der Waals surface area contributed by atoms with Crippen molar-refractivity contribution in [2.24, 2.45) is 0 Å². The summed E-state index contributed by atoms with van der Waals surface area (Å²) in [6.45, 7) is 3.26. The van der Waals surface area contributed by atoms with Gasteiger partial charge in [0, 0.05) is 17.9 Å². The zero-order valence-electron chi connectivity index (χ0n) is 9.03. The second-order valence-electron chi connectivity index (χ2n) is 4.23. The van der Waals surface area contributed by atoms with Crippen LogP contribution in [-0.2, 0) is 0 Å². The van der Waals surface area contributed by atoms with Crippen molar-refractivity contribution in [3.63, 3.8) is 0 Å². The summed E-state index contributed by atoms with van der Waals surface area (Å²) in [6.07, 6.45) is 6.00. The fourth-order valence-electron chi connectivity index (χ4n) is 2.17. The second-order valence-corrected chi connectivity index (χ2v) is 4.23. The molecule has 14 heavy (non-hydrogen) atoms. The molecule has 0 amide bonds. The summed E-state index contributed by atoms with van der Waals surface area (Å²) in [5.74, 6) is 0. The van der Waals surface area contributed by atoms with E-state index in [4.69, 9.17) is 0 Å². The lowest BCUT2D eigenvalue weighted by molar-refractivity contribution is 0.187. The van der Waals surface area contributed by atoms with Gasteiger partial charge in [-0.1, -0.05) is 12.5 Å². The molecule has 1 fully saturated rings. The van der Waals surface area contributed by atoms with Crippen molar-refractivity contribution < 1.29 is 0 Å². The van der Waals surface area contributed by atoms with Gasteiger partial charge < -0.3 is 0 Å². The van der Waals surface area contributed by atoms with Crippen LogP contribution in [0.1, 0.15) is 36.6 Å². The molecule has 0 saturated carbocycles. The summed E-state index contributed by atoms with van der Waals surface area (Å²) in [6, 6.07) is 4.92. The third-order valence-electron chi connectivity index (χ3n) is 3.09. The fraction of sp³-hybridized carbons (Fsp3) is 0.583. The number of aromatic nitrogens is 1. The van der Waals surface area contributed by atoms with Gasteiger partial charge in [-0.05, 0) is 45.0 Å². The van der Waals surface area contributed by atoms with E-state index >= 15 is 0 Å². The SMILES string of the molecule is Cc1ccc(C2CCCCN2C)cn1. The van der Waals surface area contributed by atoms with E-state index in [9.17, 15) is 0 Å². The highest BCUT2D eigenvalue weighted by atomic mass is 15.1. The molecule has 1 atom stereocenters. The van der Waals surface area contributed by atoms with Crippen LogP contribution in [0.4, 0.5) is 0 Å². The van der Waals surface area contributed by atoms with E-state index in [1.165, 1.54) is 31.4 Å². The second kappa shape index (κ2) is 4.09. The first-order chi connectivity index (χ1) is 6.77. The lowest BCUT2D eigenvalue weighted by Crippen LogP contribution is -2.29. The van der Waals surface area contributed by atoms with Crippen molar-refractivity contribution in [3.05, 3.63) is 29.6 Å². The topological polar surface area (TPSA) is 16.1 Å². The standard InChI is InChI=1S/C12H18N2/c1-10-6-7-11(9-13-10)12-5-3-4-8-14(12)2/h6-7,9,12H,3-5,8H2,1-2H3. The van der Waals surface area contributed by atoms with Gasteiger partial charge >= 0.3 is 0 Å². The number of piperidine rings is 1. The Hall–Kier alpha value is -0.890. The van der Waals surface area contributed by atoms with Gasteiger partial charge in [0.05, 0.1) is 0 Å². The van der Waals surface area contributed by atoms with Crippen LogP contribution in [0.3, 0.4) is 0 Å². The monoisotopic (exact) mass is 190 g/mol. The molecule has 0 aliphatic carbocycles. The number of likely N-dealkylation sites (tertiary alicyclic amines) is 1. The molecular formula is C12H18N2. The Labute approximate surface area is 86.0 Å². The normalized spacial score (nSPS) is 23.7. The first-order valence-corrected chi connectivity index (χ1v) is 5.40. The van der Waals surface area contributed by atoms with Crippen molar-refractivity contribution in [3.8, 4) is 0 Å². The van der Waals surface area contributed by atoms with Gasteiger partial charge in [-0.3, -0.25) is 9.88 Å². The summed E-state index contributed by atoms with van der Waals surface area (Å²) in [4.78, 5) is 6.80. The lowest BCUT2D eigenvalue weighted by Gasteiger charge is -2.32. The highest BCUT2D eigenvalue weighted by molar-refractivity contribution is 5.17. The van der Waals surface area contributed by atoms with E-state index in [0.29, 0.717) is 6.04 Å². The molecule has 1 aromatic rings. The van der Waals surface area contributed by atoms with Crippen molar-refractivity contribution in [2.45, 2.75) is 32.2 Å². The molecule has 1 aliphatic heterocycles. The third kappa shape index (κ3) is 1.95.